The summed E-state index contributed by atoms with van der Waals surface area (Å²) in [6.45, 7) is 12.4. The van der Waals surface area contributed by atoms with E-state index >= 15 is 0 Å². The molecular weight excluding hydrogens is 208 g/mol. The average Bonchev–Trinajstić information content (AvgIpc) is 2.15. The van der Waals surface area contributed by atoms with Crippen LogP contribution in [0.4, 0.5) is 0 Å². The molecule has 0 radical (unpaired) electrons. The number of hydrogen-bond donors (Lipinski definition) is 0. The lowest BCUT2D eigenvalue weighted by molar-refractivity contribution is -0.000123. The maximum absolute atomic E-state index is 5.29. The van der Waals surface area contributed by atoms with Gasteiger partial charge in [0.15, 0.2) is 0 Å². The molecule has 15 heavy (non-hydrogen) atoms. The van der Waals surface area contributed by atoms with Gasteiger partial charge in [-0.15, -0.1) is 0 Å². The number of rotatable bonds is 5. The minimum atomic E-state index is 0.00546. The molecule has 88 valence electrons. The van der Waals surface area contributed by atoms with Crippen molar-refractivity contribution in [3.63, 3.8) is 0 Å². The molecular formula is C10H22N2O2Si. The Balaban J connectivity index is 3.89. The summed E-state index contributed by atoms with van der Waals surface area (Å²) in [6.07, 6.45) is 1.20. The van der Waals surface area contributed by atoms with Gasteiger partial charge >= 0.3 is 9.10 Å². The Morgan fingerprint density at radius 1 is 1.13 bits per heavy atom. The Morgan fingerprint density at radius 2 is 1.67 bits per heavy atom. The normalized spacial score (nSPS) is 14.8. The first kappa shape index (κ1) is 14.4. The van der Waals surface area contributed by atoms with Gasteiger partial charge in [-0.25, -0.2) is 0 Å². The molecule has 0 aromatic heterocycles. The molecule has 0 aromatic rings. The van der Waals surface area contributed by atoms with Crippen LogP contribution in [0.15, 0.2) is 9.59 Å². The molecule has 0 aliphatic rings. The zero-order valence-electron chi connectivity index (χ0n) is 10.6. The highest BCUT2D eigenvalue weighted by molar-refractivity contribution is 6.05. The molecule has 0 aliphatic carbocycles. The summed E-state index contributed by atoms with van der Waals surface area (Å²) in [5.74, 6) is 0. The number of nitrogens with zero attached hydrogens (tertiary/aromatic N) is 2. The Labute approximate surface area is 94.6 Å². The zero-order chi connectivity index (χ0) is 11.9. The van der Waals surface area contributed by atoms with Gasteiger partial charge in [-0.3, -0.25) is 0 Å². The van der Waals surface area contributed by atoms with Crippen molar-refractivity contribution >= 4 is 9.10 Å². The van der Waals surface area contributed by atoms with Gasteiger partial charge in [0.25, 0.3) is 0 Å². The fourth-order valence-electron chi connectivity index (χ4n) is 0.465. The fraction of sp³-hybridized carbons (Fsp3) is 1.00. The summed E-state index contributed by atoms with van der Waals surface area (Å²) in [6, 6.07) is 0. The van der Waals surface area contributed by atoms with Crippen molar-refractivity contribution in [1.82, 2.24) is 0 Å². The monoisotopic (exact) mass is 230 g/mol. The third kappa shape index (κ3) is 7.36. The first-order chi connectivity index (χ1) is 6.88. The van der Waals surface area contributed by atoms with Crippen LogP contribution < -0.4 is 0 Å². The summed E-state index contributed by atoms with van der Waals surface area (Å²) in [7, 11) is 0.00546. The second kappa shape index (κ2) is 6.82. The van der Waals surface area contributed by atoms with E-state index in [9.17, 15) is 0 Å². The zero-order valence-corrected chi connectivity index (χ0v) is 11.6. The molecule has 0 saturated carbocycles. The second-order valence-corrected chi connectivity index (χ2v) is 5.29. The van der Waals surface area contributed by atoms with Gasteiger partial charge in [0.2, 0.25) is 0 Å². The highest BCUT2D eigenvalue weighted by Crippen LogP contribution is 2.21. The van der Waals surface area contributed by atoms with Crippen LogP contribution in [-0.4, -0.2) is 21.3 Å². The van der Waals surface area contributed by atoms with E-state index in [1.807, 2.05) is 13.8 Å². The van der Waals surface area contributed by atoms with Gasteiger partial charge in [0, 0.05) is 5.41 Å². The molecule has 0 heterocycles. The molecule has 0 fully saturated rings. The van der Waals surface area contributed by atoms with E-state index in [1.54, 1.807) is 0 Å². The third-order valence-corrected chi connectivity index (χ3v) is 2.69. The third-order valence-electron chi connectivity index (χ3n) is 2.32. The van der Waals surface area contributed by atoms with E-state index in [-0.39, 0.29) is 26.7 Å². The summed E-state index contributed by atoms with van der Waals surface area (Å²) in [5.41, 5.74) is 0.103. The van der Waals surface area contributed by atoms with Gasteiger partial charge < -0.3 is 9.68 Å². The lowest BCUT2D eigenvalue weighted by Crippen LogP contribution is -2.24. The van der Waals surface area contributed by atoms with E-state index in [1.165, 1.54) is 0 Å². The Bertz CT molecular complexity index is 232. The first-order valence-electron chi connectivity index (χ1n) is 5.34. The lowest BCUT2D eigenvalue weighted by atomic mass is 9.90. The topological polar surface area (TPSA) is 43.2 Å². The maximum Gasteiger partial charge on any atom is 0.321 e. The van der Waals surface area contributed by atoms with Gasteiger partial charge in [0.05, 0.1) is 0 Å². The summed E-state index contributed by atoms with van der Waals surface area (Å²) in [5, 5.41) is 0. The van der Waals surface area contributed by atoms with E-state index in [4.69, 9.17) is 9.68 Å². The highest BCUT2D eigenvalue weighted by atomic mass is 28.2. The van der Waals surface area contributed by atoms with E-state index in [0.717, 1.165) is 6.42 Å². The van der Waals surface area contributed by atoms with Gasteiger partial charge in [0.1, 0.15) is 12.2 Å². The summed E-state index contributed by atoms with van der Waals surface area (Å²) < 4.78 is 0. The van der Waals surface area contributed by atoms with Crippen LogP contribution in [0, 0.1) is 5.41 Å². The fourth-order valence-corrected chi connectivity index (χ4v) is 0.931. The molecule has 2 atom stereocenters. The molecule has 4 nitrogen and oxygen atoms in total. The smallest absolute Gasteiger partial charge is 0.321 e. The van der Waals surface area contributed by atoms with Crippen molar-refractivity contribution in [2.75, 3.05) is 0 Å². The van der Waals surface area contributed by atoms with E-state index in [2.05, 4.69) is 37.3 Å². The van der Waals surface area contributed by atoms with Crippen molar-refractivity contribution < 1.29 is 9.68 Å². The van der Waals surface area contributed by atoms with Crippen LogP contribution >= 0.6 is 0 Å². The maximum atomic E-state index is 5.29. The standard InChI is InChI=1S/C10H22N2O2Si/c1-7-8(2)13-11-15-12-14-9(3)10(4,5)6/h8-9H,7H2,1-6H3. The van der Waals surface area contributed by atoms with Crippen LogP contribution in [0.3, 0.4) is 0 Å². The molecule has 0 aliphatic heterocycles. The molecule has 0 N–H and O–H groups in total. The Morgan fingerprint density at radius 3 is 2.13 bits per heavy atom. The number of hydrogen-bond acceptors (Lipinski definition) is 4. The highest BCUT2D eigenvalue weighted by Gasteiger charge is 2.21. The predicted octanol–water partition coefficient (Wildman–Crippen LogP) is 3.15. The molecule has 0 amide bonds. The molecule has 0 aromatic carbocycles. The van der Waals surface area contributed by atoms with E-state index in [0.29, 0.717) is 0 Å². The quantitative estimate of drug-likeness (QED) is 0.538. The Kier molecular flexibility index (Phi) is 6.55. The van der Waals surface area contributed by atoms with Gasteiger partial charge in [-0.2, -0.15) is 0 Å². The van der Waals surface area contributed by atoms with Crippen LogP contribution in [0.5, 0.6) is 0 Å². The molecule has 0 bridgehead atoms. The SMILES string of the molecule is CCC(C)ON=[Si]=NOC(C)C(C)(C)C. The van der Waals surface area contributed by atoms with Gasteiger partial charge in [-0.05, 0) is 20.3 Å². The van der Waals surface area contributed by atoms with Gasteiger partial charge in [-0.1, -0.05) is 37.3 Å². The molecule has 5 heteroatoms. The van der Waals surface area contributed by atoms with Crippen molar-refractivity contribution in [3.8, 4) is 0 Å². The molecule has 2 unspecified atom stereocenters. The van der Waals surface area contributed by atoms with Crippen molar-refractivity contribution in [2.24, 2.45) is 15.0 Å². The minimum absolute atomic E-state index is 0.00546. The average molecular weight is 230 g/mol. The Hall–Kier alpha value is -0.583. The molecule has 0 spiro atoms. The lowest BCUT2D eigenvalue weighted by Gasteiger charge is -2.24. The van der Waals surface area contributed by atoms with Crippen LogP contribution in [0.2, 0.25) is 0 Å². The largest absolute Gasteiger partial charge is 0.393 e. The van der Waals surface area contributed by atoms with Crippen molar-refractivity contribution in [2.45, 2.75) is 60.2 Å². The van der Waals surface area contributed by atoms with Crippen LogP contribution in [-0.2, 0) is 9.68 Å². The minimum Gasteiger partial charge on any atom is -0.393 e. The van der Waals surface area contributed by atoms with Crippen molar-refractivity contribution in [1.29, 1.82) is 0 Å². The summed E-state index contributed by atoms with van der Waals surface area (Å²) in [4.78, 5) is 18.1. The first-order valence-corrected chi connectivity index (χ1v) is 6.24. The predicted molar refractivity (Wildman–Crippen MR) is 61.5 cm³/mol. The van der Waals surface area contributed by atoms with E-state index < -0.39 is 0 Å². The van der Waals surface area contributed by atoms with Crippen LogP contribution in [0.25, 0.3) is 0 Å². The second-order valence-electron chi connectivity index (χ2n) is 4.72. The summed E-state index contributed by atoms with van der Waals surface area (Å²) >= 11 is 0. The molecule has 0 rings (SSSR count). The van der Waals surface area contributed by atoms with Crippen LogP contribution in [0.1, 0.15) is 48.0 Å². The molecule has 0 saturated heterocycles. The van der Waals surface area contributed by atoms with Crippen molar-refractivity contribution in [3.05, 3.63) is 0 Å².